The van der Waals surface area contributed by atoms with Gasteiger partial charge in [0.1, 0.15) is 5.69 Å². The summed E-state index contributed by atoms with van der Waals surface area (Å²) >= 11 is 0. The van der Waals surface area contributed by atoms with E-state index in [9.17, 15) is 4.79 Å². The molecule has 0 aromatic carbocycles. The quantitative estimate of drug-likeness (QED) is 0.806. The number of carbonyl (C=O) groups is 1. The van der Waals surface area contributed by atoms with Gasteiger partial charge in [0.15, 0.2) is 0 Å². The predicted octanol–water partition coefficient (Wildman–Crippen LogP) is 1.06. The number of H-pyrrole nitrogens is 1. The number of rotatable bonds is 2. The van der Waals surface area contributed by atoms with Crippen molar-refractivity contribution < 1.29 is 4.79 Å². The molecule has 17 heavy (non-hydrogen) atoms. The van der Waals surface area contributed by atoms with Crippen molar-refractivity contribution >= 4 is 5.91 Å². The predicted molar refractivity (Wildman–Crippen MR) is 65.6 cm³/mol. The second-order valence-corrected chi connectivity index (χ2v) is 4.86. The molecule has 1 aromatic heterocycles. The van der Waals surface area contributed by atoms with Crippen molar-refractivity contribution in [1.82, 2.24) is 15.1 Å². The van der Waals surface area contributed by atoms with E-state index < -0.39 is 0 Å². The number of nitrogens with zero attached hydrogens (tertiary/aromatic N) is 2. The molecule has 3 N–H and O–H groups in total. The van der Waals surface area contributed by atoms with Crippen LogP contribution in [-0.4, -0.2) is 39.6 Å². The van der Waals surface area contributed by atoms with E-state index in [-0.39, 0.29) is 18.0 Å². The van der Waals surface area contributed by atoms with E-state index >= 15 is 0 Å². The van der Waals surface area contributed by atoms with Crippen molar-refractivity contribution in [2.24, 2.45) is 5.73 Å². The zero-order valence-electron chi connectivity index (χ0n) is 10.4. The molecular formula is C12H20N4O. The van der Waals surface area contributed by atoms with Crippen molar-refractivity contribution in [1.29, 1.82) is 0 Å². The van der Waals surface area contributed by atoms with E-state index in [4.69, 9.17) is 5.73 Å². The van der Waals surface area contributed by atoms with Crippen molar-refractivity contribution in [2.45, 2.75) is 45.2 Å². The number of aryl methyl sites for hydroxylation is 1. The molecule has 1 aromatic rings. The molecule has 0 aliphatic carbocycles. The molecule has 1 aliphatic heterocycles. The van der Waals surface area contributed by atoms with Crippen LogP contribution in [0.1, 0.15) is 42.4 Å². The number of amides is 1. The molecule has 0 radical (unpaired) electrons. The molecule has 2 heterocycles. The summed E-state index contributed by atoms with van der Waals surface area (Å²) in [5.74, 6) is -0.00338. The lowest BCUT2D eigenvalue weighted by Crippen LogP contribution is -2.51. The third-order valence-corrected chi connectivity index (χ3v) is 3.34. The minimum absolute atomic E-state index is 0.00338. The molecule has 2 atom stereocenters. The second kappa shape index (κ2) is 4.87. The Morgan fingerprint density at radius 1 is 1.65 bits per heavy atom. The molecule has 1 aliphatic rings. The first kappa shape index (κ1) is 12.1. The highest BCUT2D eigenvalue weighted by atomic mass is 16.2. The molecule has 0 saturated carbocycles. The van der Waals surface area contributed by atoms with E-state index in [2.05, 4.69) is 10.2 Å². The molecule has 1 fully saturated rings. The normalized spacial score (nSPS) is 22.5. The fourth-order valence-corrected chi connectivity index (χ4v) is 2.43. The Labute approximate surface area is 101 Å². The van der Waals surface area contributed by atoms with Crippen LogP contribution >= 0.6 is 0 Å². The van der Waals surface area contributed by atoms with Crippen LogP contribution < -0.4 is 5.73 Å². The molecule has 2 rings (SSSR count). The first-order valence-corrected chi connectivity index (χ1v) is 6.18. The van der Waals surface area contributed by atoms with Crippen molar-refractivity contribution in [2.75, 3.05) is 6.54 Å². The van der Waals surface area contributed by atoms with Gasteiger partial charge in [-0.1, -0.05) is 0 Å². The van der Waals surface area contributed by atoms with Crippen LogP contribution in [0, 0.1) is 6.92 Å². The van der Waals surface area contributed by atoms with E-state index in [1.165, 1.54) is 0 Å². The van der Waals surface area contributed by atoms with Crippen molar-refractivity contribution in [3.8, 4) is 0 Å². The summed E-state index contributed by atoms with van der Waals surface area (Å²) in [6, 6.07) is 1.95. The average Bonchev–Trinajstić information content (AvgIpc) is 2.75. The Kier molecular flexibility index (Phi) is 3.47. The van der Waals surface area contributed by atoms with E-state index in [1.54, 1.807) is 6.07 Å². The van der Waals surface area contributed by atoms with Crippen LogP contribution in [0.15, 0.2) is 6.07 Å². The number of likely N-dealkylation sites (tertiary alicyclic amines) is 1. The van der Waals surface area contributed by atoms with Gasteiger partial charge in [-0.2, -0.15) is 5.10 Å². The molecule has 5 heteroatoms. The summed E-state index contributed by atoms with van der Waals surface area (Å²) < 4.78 is 0. The van der Waals surface area contributed by atoms with Gasteiger partial charge in [0.05, 0.1) is 0 Å². The summed E-state index contributed by atoms with van der Waals surface area (Å²) in [6.07, 6.45) is 3.20. The maximum Gasteiger partial charge on any atom is 0.274 e. The minimum Gasteiger partial charge on any atom is -0.333 e. The van der Waals surface area contributed by atoms with Gasteiger partial charge < -0.3 is 10.6 Å². The van der Waals surface area contributed by atoms with Crippen LogP contribution in [0.4, 0.5) is 0 Å². The third kappa shape index (κ3) is 2.49. The van der Waals surface area contributed by atoms with Crippen LogP contribution in [0.25, 0.3) is 0 Å². The minimum atomic E-state index is -0.00338. The lowest BCUT2D eigenvalue weighted by atomic mass is 9.96. The van der Waals surface area contributed by atoms with Crippen molar-refractivity contribution in [3.05, 3.63) is 17.5 Å². The Morgan fingerprint density at radius 2 is 2.41 bits per heavy atom. The molecule has 1 saturated heterocycles. The summed E-state index contributed by atoms with van der Waals surface area (Å²) in [7, 11) is 0. The number of hydrogen-bond donors (Lipinski definition) is 2. The fraction of sp³-hybridized carbons (Fsp3) is 0.667. The zero-order chi connectivity index (χ0) is 12.4. The van der Waals surface area contributed by atoms with Gasteiger partial charge in [-0.3, -0.25) is 9.89 Å². The SMILES string of the molecule is Cc1cc(C(=O)N2CCCC[C@@H]2[C@H](C)N)n[nH]1. The molecule has 5 nitrogen and oxygen atoms in total. The highest BCUT2D eigenvalue weighted by molar-refractivity contribution is 5.92. The topological polar surface area (TPSA) is 75.0 Å². The largest absolute Gasteiger partial charge is 0.333 e. The number of hydrogen-bond acceptors (Lipinski definition) is 3. The molecule has 94 valence electrons. The Morgan fingerprint density at radius 3 is 3.00 bits per heavy atom. The van der Waals surface area contributed by atoms with E-state index in [0.717, 1.165) is 31.5 Å². The van der Waals surface area contributed by atoms with E-state index in [1.807, 2.05) is 18.7 Å². The molecule has 0 unspecified atom stereocenters. The number of nitrogens with one attached hydrogen (secondary N) is 1. The van der Waals surface area contributed by atoms with Gasteiger partial charge >= 0.3 is 0 Å². The first-order chi connectivity index (χ1) is 8.09. The third-order valence-electron chi connectivity index (χ3n) is 3.34. The summed E-state index contributed by atoms with van der Waals surface area (Å²) in [4.78, 5) is 14.2. The Bertz CT molecular complexity index is 399. The summed E-state index contributed by atoms with van der Waals surface area (Å²) in [5, 5.41) is 6.83. The number of aromatic amines is 1. The highest BCUT2D eigenvalue weighted by Gasteiger charge is 2.30. The van der Waals surface area contributed by atoms with Gasteiger partial charge in [-0.25, -0.2) is 0 Å². The zero-order valence-corrected chi connectivity index (χ0v) is 10.4. The molecule has 0 bridgehead atoms. The molecule has 0 spiro atoms. The lowest BCUT2D eigenvalue weighted by Gasteiger charge is -2.37. The van der Waals surface area contributed by atoms with Gasteiger partial charge in [0.2, 0.25) is 0 Å². The monoisotopic (exact) mass is 236 g/mol. The average molecular weight is 236 g/mol. The van der Waals surface area contributed by atoms with Crippen LogP contribution in [0.5, 0.6) is 0 Å². The summed E-state index contributed by atoms with van der Waals surface area (Å²) in [5.41, 5.74) is 7.36. The maximum absolute atomic E-state index is 12.3. The van der Waals surface area contributed by atoms with Gasteiger partial charge in [-0.05, 0) is 39.2 Å². The Hall–Kier alpha value is -1.36. The smallest absolute Gasteiger partial charge is 0.274 e. The second-order valence-electron chi connectivity index (χ2n) is 4.86. The first-order valence-electron chi connectivity index (χ1n) is 6.18. The van der Waals surface area contributed by atoms with Crippen LogP contribution in [0.3, 0.4) is 0 Å². The highest BCUT2D eigenvalue weighted by Crippen LogP contribution is 2.21. The maximum atomic E-state index is 12.3. The van der Waals surface area contributed by atoms with E-state index in [0.29, 0.717) is 5.69 Å². The number of piperidine rings is 1. The van der Waals surface area contributed by atoms with Gasteiger partial charge in [-0.15, -0.1) is 0 Å². The van der Waals surface area contributed by atoms with Crippen LogP contribution in [0.2, 0.25) is 0 Å². The van der Waals surface area contributed by atoms with Gasteiger partial charge in [0.25, 0.3) is 5.91 Å². The number of nitrogens with two attached hydrogens (primary N) is 1. The number of carbonyl (C=O) groups excluding carboxylic acids is 1. The fourth-order valence-electron chi connectivity index (χ4n) is 2.43. The molecular weight excluding hydrogens is 216 g/mol. The standard InChI is InChI=1S/C12H20N4O/c1-8-7-10(15-14-8)12(17)16-6-4-3-5-11(16)9(2)13/h7,9,11H,3-6,13H2,1-2H3,(H,14,15)/t9-,11+/m0/s1. The van der Waals surface area contributed by atoms with Gasteiger partial charge in [0, 0.05) is 24.3 Å². The number of aromatic nitrogens is 2. The molecule has 1 amide bonds. The summed E-state index contributed by atoms with van der Waals surface area (Å²) in [6.45, 7) is 4.64. The van der Waals surface area contributed by atoms with Crippen molar-refractivity contribution in [3.63, 3.8) is 0 Å². The Balaban J connectivity index is 2.16. The van der Waals surface area contributed by atoms with Crippen LogP contribution in [-0.2, 0) is 0 Å². The lowest BCUT2D eigenvalue weighted by molar-refractivity contribution is 0.0577.